The lowest BCUT2D eigenvalue weighted by Gasteiger charge is -2.16. The van der Waals surface area contributed by atoms with Gasteiger partial charge < -0.3 is 19.8 Å². The average Bonchev–Trinajstić information content (AvgIpc) is 3.29. The molecule has 1 aliphatic rings. The van der Waals surface area contributed by atoms with Crippen molar-refractivity contribution in [2.45, 2.75) is 25.4 Å². The maximum Gasteiger partial charge on any atom is 0.191 e. The minimum atomic E-state index is -2.95. The molecule has 1 saturated heterocycles. The molecule has 2 heterocycles. The van der Waals surface area contributed by atoms with Crippen LogP contribution in [0.4, 0.5) is 0 Å². The summed E-state index contributed by atoms with van der Waals surface area (Å²) in [6, 6.07) is 11.4. The van der Waals surface area contributed by atoms with E-state index in [0.29, 0.717) is 25.5 Å². The zero-order chi connectivity index (χ0) is 19.1. The number of hydrogen-bond acceptors (Lipinski definition) is 5. The Morgan fingerprint density at radius 1 is 1.29 bits per heavy atom. The van der Waals surface area contributed by atoms with Gasteiger partial charge in [0.15, 0.2) is 15.8 Å². The van der Waals surface area contributed by atoms with Crippen LogP contribution in [0.1, 0.15) is 17.7 Å². The van der Waals surface area contributed by atoms with Crippen LogP contribution in [-0.2, 0) is 22.8 Å². The molecule has 1 aromatic carbocycles. The molecule has 0 bridgehead atoms. The highest BCUT2D eigenvalue weighted by atomic mass is 127. The van der Waals surface area contributed by atoms with E-state index < -0.39 is 9.84 Å². The summed E-state index contributed by atoms with van der Waals surface area (Å²) in [5.74, 6) is 2.67. The number of sulfone groups is 1. The van der Waals surface area contributed by atoms with E-state index in [1.54, 1.807) is 13.4 Å². The van der Waals surface area contributed by atoms with E-state index in [1.807, 2.05) is 36.4 Å². The third-order valence-corrected chi connectivity index (χ3v) is 6.16. The number of ether oxygens (including phenoxy) is 1. The Kier molecular flexibility index (Phi) is 8.61. The van der Waals surface area contributed by atoms with Crippen LogP contribution in [0.25, 0.3) is 0 Å². The van der Waals surface area contributed by atoms with Gasteiger partial charge in [0.05, 0.1) is 31.4 Å². The Morgan fingerprint density at radius 2 is 2.07 bits per heavy atom. The molecule has 1 aliphatic heterocycles. The number of aliphatic imine (C=N–C) groups is 1. The first-order chi connectivity index (χ1) is 13.0. The normalized spacial score (nSPS) is 18.3. The number of halogens is 1. The highest BCUT2D eigenvalue weighted by Crippen LogP contribution is 2.13. The number of guanidine groups is 1. The van der Waals surface area contributed by atoms with Crippen molar-refractivity contribution in [3.63, 3.8) is 0 Å². The van der Waals surface area contributed by atoms with Gasteiger partial charge in [-0.1, -0.05) is 12.1 Å². The molecule has 0 radical (unpaired) electrons. The van der Waals surface area contributed by atoms with Crippen LogP contribution in [0, 0.1) is 0 Å². The van der Waals surface area contributed by atoms with Crippen LogP contribution in [0.2, 0.25) is 0 Å². The summed E-state index contributed by atoms with van der Waals surface area (Å²) in [4.78, 5) is 4.61. The quantitative estimate of drug-likeness (QED) is 0.332. The van der Waals surface area contributed by atoms with E-state index in [1.165, 1.54) is 0 Å². The van der Waals surface area contributed by atoms with E-state index in [9.17, 15) is 8.42 Å². The van der Waals surface area contributed by atoms with Crippen molar-refractivity contribution in [1.29, 1.82) is 0 Å². The molecule has 2 aromatic rings. The fraction of sp³-hybridized carbons (Fsp3) is 0.421. The molecular formula is C19H26IN3O4S. The smallest absolute Gasteiger partial charge is 0.191 e. The zero-order valence-corrected chi connectivity index (χ0v) is 18.9. The lowest BCUT2D eigenvalue weighted by atomic mass is 10.2. The summed E-state index contributed by atoms with van der Waals surface area (Å²) in [6.45, 7) is 1.13. The van der Waals surface area contributed by atoms with Crippen LogP contribution < -0.4 is 15.4 Å². The van der Waals surface area contributed by atoms with Crippen LogP contribution >= 0.6 is 24.0 Å². The Balaban J connectivity index is 0.00000280. The Morgan fingerprint density at radius 3 is 2.68 bits per heavy atom. The van der Waals surface area contributed by atoms with E-state index in [0.717, 1.165) is 23.5 Å². The summed E-state index contributed by atoms with van der Waals surface area (Å²) in [6.07, 6.45) is 2.97. The topological polar surface area (TPSA) is 92.9 Å². The van der Waals surface area contributed by atoms with Gasteiger partial charge in [-0.2, -0.15) is 0 Å². The van der Waals surface area contributed by atoms with E-state index in [4.69, 9.17) is 9.15 Å². The first kappa shape index (κ1) is 22.5. The molecule has 7 nitrogen and oxygen atoms in total. The van der Waals surface area contributed by atoms with Crippen LogP contribution in [0.3, 0.4) is 0 Å². The number of benzene rings is 1. The number of nitrogens with zero attached hydrogens (tertiary/aromatic N) is 1. The van der Waals surface area contributed by atoms with Crippen LogP contribution in [0.15, 0.2) is 52.1 Å². The van der Waals surface area contributed by atoms with Gasteiger partial charge in [-0.15, -0.1) is 24.0 Å². The summed E-state index contributed by atoms with van der Waals surface area (Å²) in [7, 11) is -1.31. The second-order valence-electron chi connectivity index (χ2n) is 6.51. The van der Waals surface area contributed by atoms with Gasteiger partial charge in [0.1, 0.15) is 11.5 Å². The molecule has 1 atom stereocenters. The molecule has 1 unspecified atom stereocenters. The molecule has 0 amide bonds. The van der Waals surface area contributed by atoms with Crippen molar-refractivity contribution >= 4 is 39.8 Å². The van der Waals surface area contributed by atoms with Crippen molar-refractivity contribution in [2.24, 2.45) is 4.99 Å². The van der Waals surface area contributed by atoms with Gasteiger partial charge >= 0.3 is 0 Å². The highest BCUT2D eigenvalue weighted by Gasteiger charge is 2.28. The van der Waals surface area contributed by atoms with E-state index in [2.05, 4.69) is 15.6 Å². The second-order valence-corrected chi connectivity index (χ2v) is 8.74. The maximum atomic E-state index is 11.7. The van der Waals surface area contributed by atoms with Crippen LogP contribution in [0.5, 0.6) is 5.75 Å². The number of furan rings is 1. The maximum absolute atomic E-state index is 11.7. The third-order valence-electron chi connectivity index (χ3n) is 4.40. The van der Waals surface area contributed by atoms with Crippen molar-refractivity contribution < 1.29 is 17.6 Å². The molecule has 1 fully saturated rings. The van der Waals surface area contributed by atoms with Crippen molar-refractivity contribution in [1.82, 2.24) is 10.6 Å². The van der Waals surface area contributed by atoms with Gasteiger partial charge in [0.25, 0.3) is 0 Å². The predicted molar refractivity (Wildman–Crippen MR) is 120 cm³/mol. The van der Waals surface area contributed by atoms with E-state index in [-0.39, 0.29) is 41.5 Å². The SMILES string of the molecule is COc1ccc(CN=C(NCCc2ccco2)NC2CCS(=O)(=O)C2)cc1.I. The zero-order valence-electron chi connectivity index (χ0n) is 15.8. The molecule has 1 aromatic heterocycles. The third kappa shape index (κ3) is 7.01. The van der Waals surface area contributed by atoms with Crippen LogP contribution in [-0.4, -0.2) is 45.6 Å². The lowest BCUT2D eigenvalue weighted by molar-refractivity contribution is 0.414. The molecular weight excluding hydrogens is 493 g/mol. The summed E-state index contributed by atoms with van der Waals surface area (Å²) in [5, 5.41) is 6.51. The fourth-order valence-electron chi connectivity index (χ4n) is 2.91. The Bertz CT molecular complexity index is 852. The monoisotopic (exact) mass is 519 g/mol. The molecule has 2 N–H and O–H groups in total. The first-order valence-corrected chi connectivity index (χ1v) is 10.8. The predicted octanol–water partition coefficient (Wildman–Crippen LogP) is 2.37. The van der Waals surface area contributed by atoms with Gasteiger partial charge in [-0.25, -0.2) is 13.4 Å². The largest absolute Gasteiger partial charge is 0.497 e. The number of methoxy groups -OCH3 is 1. The van der Waals surface area contributed by atoms with Gasteiger partial charge in [0, 0.05) is 19.0 Å². The minimum absolute atomic E-state index is 0. The summed E-state index contributed by atoms with van der Waals surface area (Å²) >= 11 is 0. The van der Waals surface area contributed by atoms with E-state index >= 15 is 0 Å². The van der Waals surface area contributed by atoms with Crippen molar-refractivity contribution in [3.8, 4) is 5.75 Å². The lowest BCUT2D eigenvalue weighted by Crippen LogP contribution is -2.44. The minimum Gasteiger partial charge on any atom is -0.497 e. The molecule has 3 rings (SSSR count). The Hall–Kier alpha value is -1.75. The number of hydrogen-bond donors (Lipinski definition) is 2. The molecule has 154 valence electrons. The van der Waals surface area contributed by atoms with Crippen molar-refractivity contribution in [2.75, 3.05) is 25.2 Å². The van der Waals surface area contributed by atoms with Gasteiger partial charge in [-0.3, -0.25) is 0 Å². The molecule has 0 aliphatic carbocycles. The summed E-state index contributed by atoms with van der Waals surface area (Å²) in [5.41, 5.74) is 1.04. The Labute approximate surface area is 182 Å². The van der Waals surface area contributed by atoms with Gasteiger partial charge in [-0.05, 0) is 36.2 Å². The molecule has 9 heteroatoms. The standard InChI is InChI=1S/C19H25N3O4S.HI/c1-25-17-6-4-15(5-7-17)13-21-19(20-10-8-18-3-2-11-26-18)22-16-9-12-27(23,24)14-16;/h2-7,11,16H,8-10,12-14H2,1H3,(H2,20,21,22);1H. The highest BCUT2D eigenvalue weighted by molar-refractivity contribution is 14.0. The summed E-state index contributed by atoms with van der Waals surface area (Å²) < 4.78 is 33.9. The number of nitrogens with one attached hydrogen (secondary N) is 2. The first-order valence-electron chi connectivity index (χ1n) is 8.95. The molecule has 28 heavy (non-hydrogen) atoms. The molecule has 0 saturated carbocycles. The fourth-order valence-corrected chi connectivity index (χ4v) is 4.59. The van der Waals surface area contributed by atoms with Gasteiger partial charge in [0.2, 0.25) is 0 Å². The molecule has 0 spiro atoms. The average molecular weight is 519 g/mol. The number of rotatable bonds is 7. The second kappa shape index (κ2) is 10.7. The van der Waals surface area contributed by atoms with Crippen molar-refractivity contribution in [3.05, 3.63) is 54.0 Å².